The van der Waals surface area contributed by atoms with Crippen LogP contribution in [-0.4, -0.2) is 55.9 Å². The fourth-order valence-electron chi connectivity index (χ4n) is 4.02. The first-order chi connectivity index (χ1) is 15.1. The normalized spacial score (nSPS) is 17.5. The third-order valence-corrected chi connectivity index (χ3v) is 8.86. The summed E-state index contributed by atoms with van der Waals surface area (Å²) in [6, 6.07) is 3.56. The van der Waals surface area contributed by atoms with Gasteiger partial charge < -0.3 is 15.0 Å². The first kappa shape index (κ1) is 22.8. The Morgan fingerprint density at radius 2 is 1.91 bits per heavy atom. The first-order valence-corrected chi connectivity index (χ1v) is 12.6. The van der Waals surface area contributed by atoms with Gasteiger partial charge in [-0.1, -0.05) is 0 Å². The zero-order chi connectivity index (χ0) is 23.1. The quantitative estimate of drug-likeness (QED) is 0.710. The van der Waals surface area contributed by atoms with Crippen molar-refractivity contribution in [1.82, 2.24) is 15.5 Å². The number of hydrogen-bond donors (Lipinski definition) is 2. The number of anilines is 2. The molecule has 1 fully saturated rings. The van der Waals surface area contributed by atoms with Crippen LogP contribution in [0.3, 0.4) is 0 Å². The van der Waals surface area contributed by atoms with Gasteiger partial charge in [-0.2, -0.15) is 5.10 Å². The molecule has 174 valence electrons. The molecule has 0 atom stereocenters. The van der Waals surface area contributed by atoms with Crippen molar-refractivity contribution in [2.75, 3.05) is 31.3 Å². The zero-order valence-corrected chi connectivity index (χ0v) is 20.3. The number of aryl methyl sites for hydroxylation is 1. The van der Waals surface area contributed by atoms with Crippen LogP contribution in [0, 0.1) is 19.8 Å². The van der Waals surface area contributed by atoms with Gasteiger partial charge in [0.2, 0.25) is 0 Å². The third-order valence-electron chi connectivity index (χ3n) is 6.35. The van der Waals surface area contributed by atoms with Crippen LogP contribution in [0.5, 0.6) is 5.75 Å². The highest BCUT2D eigenvalue weighted by molar-refractivity contribution is 7.92. The second-order valence-electron chi connectivity index (χ2n) is 9.66. The van der Waals surface area contributed by atoms with Crippen molar-refractivity contribution in [2.24, 2.45) is 10.9 Å². The summed E-state index contributed by atoms with van der Waals surface area (Å²) < 4.78 is 32.2. The summed E-state index contributed by atoms with van der Waals surface area (Å²) in [5.74, 6) is 1.60. The molecule has 4 rings (SSSR count). The van der Waals surface area contributed by atoms with Crippen LogP contribution in [0.15, 0.2) is 22.0 Å². The van der Waals surface area contributed by atoms with Crippen molar-refractivity contribution in [1.29, 1.82) is 0 Å². The molecule has 2 N–H and O–H groups in total. The van der Waals surface area contributed by atoms with Gasteiger partial charge >= 0.3 is 0 Å². The van der Waals surface area contributed by atoms with Crippen LogP contribution in [-0.2, 0) is 9.84 Å². The van der Waals surface area contributed by atoms with Crippen LogP contribution < -0.4 is 15.0 Å². The van der Waals surface area contributed by atoms with Crippen LogP contribution >= 0.6 is 0 Å². The van der Waals surface area contributed by atoms with E-state index in [-0.39, 0.29) is 4.90 Å². The van der Waals surface area contributed by atoms with E-state index in [9.17, 15) is 8.42 Å². The molecule has 1 aromatic heterocycles. The van der Waals surface area contributed by atoms with Gasteiger partial charge in [0, 0.05) is 29.1 Å². The Balaban J connectivity index is 1.79. The number of piperidine rings is 1. The SMILES string of the molecule is Cc1[nH]nc(N2CN=Cc3cc(S(=O)(=O)C(C)(C)C)c(OCC4CCNCC4)cc32)c1C. The number of hydrogen-bond acceptors (Lipinski definition) is 7. The van der Waals surface area contributed by atoms with Crippen molar-refractivity contribution < 1.29 is 13.2 Å². The average molecular weight is 460 g/mol. The molecule has 2 aliphatic heterocycles. The summed E-state index contributed by atoms with van der Waals surface area (Å²) in [6.45, 7) is 12.0. The molecular weight excluding hydrogens is 426 g/mol. The molecule has 0 radical (unpaired) electrons. The Morgan fingerprint density at radius 1 is 1.19 bits per heavy atom. The van der Waals surface area contributed by atoms with Gasteiger partial charge in [-0.05, 0) is 72.5 Å². The fourth-order valence-corrected chi connectivity index (χ4v) is 5.35. The molecular formula is C23H33N5O3S. The van der Waals surface area contributed by atoms with E-state index < -0.39 is 14.6 Å². The minimum Gasteiger partial charge on any atom is -0.492 e. The molecule has 32 heavy (non-hydrogen) atoms. The van der Waals surface area contributed by atoms with Gasteiger partial charge in [-0.15, -0.1) is 0 Å². The largest absolute Gasteiger partial charge is 0.492 e. The Bertz CT molecular complexity index is 1130. The van der Waals surface area contributed by atoms with Gasteiger partial charge in [-0.3, -0.25) is 10.1 Å². The van der Waals surface area contributed by atoms with Gasteiger partial charge in [0.05, 0.1) is 17.0 Å². The van der Waals surface area contributed by atoms with Crippen LogP contribution in [0.4, 0.5) is 11.5 Å². The summed E-state index contributed by atoms with van der Waals surface area (Å²) in [5, 5.41) is 10.8. The molecule has 0 saturated carbocycles. The van der Waals surface area contributed by atoms with Crippen molar-refractivity contribution in [3.05, 3.63) is 29.0 Å². The molecule has 0 amide bonds. The average Bonchev–Trinajstić information content (AvgIpc) is 3.09. The molecule has 9 heteroatoms. The molecule has 2 aromatic rings. The van der Waals surface area contributed by atoms with Gasteiger partial charge in [0.25, 0.3) is 0 Å². The Hall–Kier alpha value is -2.39. The number of rotatable bonds is 5. The lowest BCUT2D eigenvalue weighted by Crippen LogP contribution is -2.32. The number of benzene rings is 1. The summed E-state index contributed by atoms with van der Waals surface area (Å²) in [4.78, 5) is 6.69. The monoisotopic (exact) mass is 459 g/mol. The Labute approximate surface area is 190 Å². The van der Waals surface area contributed by atoms with Gasteiger partial charge in [0.15, 0.2) is 15.7 Å². The van der Waals surface area contributed by atoms with Crippen molar-refractivity contribution in [2.45, 2.75) is 57.1 Å². The van der Waals surface area contributed by atoms with Crippen LogP contribution in [0.1, 0.15) is 50.4 Å². The molecule has 1 saturated heterocycles. The van der Waals surface area contributed by atoms with E-state index in [0.717, 1.165) is 54.3 Å². The van der Waals surface area contributed by atoms with E-state index in [0.29, 0.717) is 24.9 Å². The smallest absolute Gasteiger partial charge is 0.186 e. The predicted molar refractivity (Wildman–Crippen MR) is 127 cm³/mol. The lowest BCUT2D eigenvalue weighted by atomic mass is 9.99. The van der Waals surface area contributed by atoms with Crippen LogP contribution in [0.2, 0.25) is 0 Å². The van der Waals surface area contributed by atoms with E-state index in [4.69, 9.17) is 4.74 Å². The maximum Gasteiger partial charge on any atom is 0.186 e. The fraction of sp³-hybridized carbons (Fsp3) is 0.565. The van der Waals surface area contributed by atoms with Crippen LogP contribution in [0.25, 0.3) is 0 Å². The minimum absolute atomic E-state index is 0.223. The van der Waals surface area contributed by atoms with E-state index >= 15 is 0 Å². The summed E-state index contributed by atoms with van der Waals surface area (Å²) in [7, 11) is -3.62. The van der Waals surface area contributed by atoms with E-state index in [1.807, 2.05) is 24.8 Å². The highest BCUT2D eigenvalue weighted by Crippen LogP contribution is 2.40. The molecule has 0 unspecified atom stereocenters. The molecule has 3 heterocycles. The van der Waals surface area contributed by atoms with E-state index in [2.05, 4.69) is 20.5 Å². The number of fused-ring (bicyclic) bond motifs is 1. The number of aliphatic imine (C=N–C) groups is 1. The number of sulfone groups is 1. The molecule has 2 aliphatic rings. The standard InChI is InChI=1S/C23H33N5O3S/c1-15-16(2)26-27-22(15)28-14-25-12-18-10-21(32(29,30)23(3,4)5)20(11-19(18)28)31-13-17-6-8-24-9-7-17/h10-12,17,24H,6-9,13-14H2,1-5H3,(H,26,27). The maximum absolute atomic E-state index is 13.5. The number of aromatic amines is 1. The van der Waals surface area contributed by atoms with Crippen molar-refractivity contribution >= 4 is 27.6 Å². The number of nitrogens with one attached hydrogen (secondary N) is 2. The van der Waals surface area contributed by atoms with Gasteiger partial charge in [-0.25, -0.2) is 8.42 Å². The minimum atomic E-state index is -3.62. The summed E-state index contributed by atoms with van der Waals surface area (Å²) in [5.41, 5.74) is 3.62. The maximum atomic E-state index is 13.5. The van der Waals surface area contributed by atoms with Crippen molar-refractivity contribution in [3.63, 3.8) is 0 Å². The summed E-state index contributed by atoms with van der Waals surface area (Å²) >= 11 is 0. The Kier molecular flexibility index (Phi) is 6.06. The summed E-state index contributed by atoms with van der Waals surface area (Å²) in [6.07, 6.45) is 3.78. The highest BCUT2D eigenvalue weighted by Gasteiger charge is 2.35. The molecule has 0 aliphatic carbocycles. The predicted octanol–water partition coefficient (Wildman–Crippen LogP) is 3.51. The molecule has 8 nitrogen and oxygen atoms in total. The lowest BCUT2D eigenvalue weighted by Gasteiger charge is -2.29. The topological polar surface area (TPSA) is 99.7 Å². The molecule has 1 aromatic carbocycles. The number of H-pyrrole nitrogens is 1. The second kappa shape index (κ2) is 8.51. The lowest BCUT2D eigenvalue weighted by molar-refractivity contribution is 0.211. The highest BCUT2D eigenvalue weighted by atomic mass is 32.2. The third kappa shape index (κ3) is 4.15. The van der Waals surface area contributed by atoms with Gasteiger partial charge in [0.1, 0.15) is 17.3 Å². The van der Waals surface area contributed by atoms with Crippen molar-refractivity contribution in [3.8, 4) is 5.75 Å². The zero-order valence-electron chi connectivity index (χ0n) is 19.5. The second-order valence-corrected chi connectivity index (χ2v) is 12.3. The first-order valence-electron chi connectivity index (χ1n) is 11.1. The number of aromatic nitrogens is 2. The molecule has 0 bridgehead atoms. The Morgan fingerprint density at radius 3 is 2.53 bits per heavy atom. The number of nitrogens with zero attached hydrogens (tertiary/aromatic N) is 3. The van der Waals surface area contributed by atoms with E-state index in [1.165, 1.54) is 0 Å². The van der Waals surface area contributed by atoms with E-state index in [1.54, 1.807) is 33.1 Å². The number of ether oxygens (including phenoxy) is 1. The molecule has 0 spiro atoms.